The van der Waals surface area contributed by atoms with Gasteiger partial charge in [0, 0.05) is 10.6 Å². The highest BCUT2D eigenvalue weighted by molar-refractivity contribution is 6.31. The molecule has 0 heterocycles. The fraction of sp³-hybridized carbons (Fsp3) is 0.125. The monoisotopic (exact) mass is 166 g/mol. The van der Waals surface area contributed by atoms with Gasteiger partial charge in [-0.05, 0) is 18.5 Å². The largest absolute Gasteiger partial charge is 0.295 e. The Labute approximate surface area is 71.8 Å². The van der Waals surface area contributed by atoms with Gasteiger partial charge in [0.2, 0.25) is 0 Å². The molecule has 0 aromatic heterocycles. The lowest BCUT2D eigenvalue weighted by molar-refractivity contribution is 0.101. The summed E-state index contributed by atoms with van der Waals surface area (Å²) in [6, 6.07) is 7.00. The third-order valence-corrected chi connectivity index (χ3v) is 1.70. The molecule has 0 aliphatic carbocycles. The first-order valence-electron chi connectivity index (χ1n) is 3.53. The Morgan fingerprint density at radius 2 is 2.27 bits per heavy atom. The van der Waals surface area contributed by atoms with Gasteiger partial charge in [0.15, 0.2) is 5.78 Å². The molecule has 1 aromatic rings. The second-order valence-corrected chi connectivity index (χ2v) is 2.72. The van der Waals surface area contributed by atoms with E-state index in [1.54, 1.807) is 24.3 Å². The number of halogens is 1. The normalized spacial score (nSPS) is 9.55. The number of Topliss-reactive ketones (excluding diaryl/α,β-unsaturated/α-hetero) is 1. The van der Waals surface area contributed by atoms with Crippen LogP contribution in [0.15, 0.2) is 24.3 Å². The summed E-state index contributed by atoms with van der Waals surface area (Å²) >= 11 is 5.69. The summed E-state index contributed by atoms with van der Waals surface area (Å²) < 4.78 is 0. The molecular formula is C8H8BClO. The molecule has 0 radical (unpaired) electrons. The zero-order valence-corrected chi connectivity index (χ0v) is 7.06. The topological polar surface area (TPSA) is 17.1 Å². The standard InChI is InChI=1S/C8H8BClO/c9-5-8(11)6-2-1-3-7(10)4-6/h1-4H,5,9H2. The van der Waals surface area contributed by atoms with Crippen molar-refractivity contribution in [1.82, 2.24) is 0 Å². The lowest BCUT2D eigenvalue weighted by atomic mass is 9.96. The molecule has 1 nitrogen and oxygen atoms in total. The Balaban J connectivity index is 2.96. The van der Waals surface area contributed by atoms with Gasteiger partial charge in [0.25, 0.3) is 0 Å². The van der Waals surface area contributed by atoms with Crippen molar-refractivity contribution in [3.05, 3.63) is 34.9 Å². The van der Waals surface area contributed by atoms with E-state index in [2.05, 4.69) is 0 Å². The zero-order chi connectivity index (χ0) is 8.27. The minimum atomic E-state index is 0.132. The fourth-order valence-electron chi connectivity index (χ4n) is 0.866. The van der Waals surface area contributed by atoms with E-state index in [4.69, 9.17) is 11.6 Å². The quantitative estimate of drug-likeness (QED) is 0.481. The Hall–Kier alpha value is -0.755. The smallest absolute Gasteiger partial charge is 0.155 e. The van der Waals surface area contributed by atoms with Crippen molar-refractivity contribution in [3.63, 3.8) is 0 Å². The summed E-state index contributed by atoms with van der Waals surface area (Å²) in [7, 11) is 1.84. The van der Waals surface area contributed by atoms with Gasteiger partial charge in [0.05, 0.1) is 0 Å². The van der Waals surface area contributed by atoms with Crippen LogP contribution in [-0.2, 0) is 0 Å². The van der Waals surface area contributed by atoms with Crippen LogP contribution in [0.25, 0.3) is 0 Å². The SMILES string of the molecule is BCC(=O)c1cccc(Cl)c1. The van der Waals surface area contributed by atoms with Crippen LogP contribution in [0.3, 0.4) is 0 Å². The first-order valence-corrected chi connectivity index (χ1v) is 3.90. The van der Waals surface area contributed by atoms with Gasteiger partial charge < -0.3 is 0 Å². The van der Waals surface area contributed by atoms with E-state index in [-0.39, 0.29) is 5.78 Å². The first kappa shape index (κ1) is 8.34. The van der Waals surface area contributed by atoms with Crippen molar-refractivity contribution < 1.29 is 4.79 Å². The number of ketones is 1. The van der Waals surface area contributed by atoms with E-state index in [1.165, 1.54) is 0 Å². The molecule has 0 spiro atoms. The predicted molar refractivity (Wildman–Crippen MR) is 49.1 cm³/mol. The van der Waals surface area contributed by atoms with Crippen LogP contribution >= 0.6 is 11.6 Å². The van der Waals surface area contributed by atoms with Crippen LogP contribution in [0, 0.1) is 0 Å². The van der Waals surface area contributed by atoms with E-state index in [1.807, 2.05) is 7.85 Å². The van der Waals surface area contributed by atoms with Gasteiger partial charge in [-0.3, -0.25) is 4.79 Å². The van der Waals surface area contributed by atoms with E-state index in [0.29, 0.717) is 16.9 Å². The van der Waals surface area contributed by atoms with Gasteiger partial charge in [-0.15, -0.1) is 0 Å². The molecule has 0 unspecified atom stereocenters. The third-order valence-electron chi connectivity index (χ3n) is 1.47. The highest BCUT2D eigenvalue weighted by atomic mass is 35.5. The number of benzene rings is 1. The minimum Gasteiger partial charge on any atom is -0.295 e. The number of rotatable bonds is 2. The van der Waals surface area contributed by atoms with E-state index >= 15 is 0 Å². The van der Waals surface area contributed by atoms with Gasteiger partial charge in [-0.2, -0.15) is 0 Å². The molecule has 0 aliphatic heterocycles. The molecule has 0 saturated carbocycles. The maximum atomic E-state index is 11.1. The fourth-order valence-corrected chi connectivity index (χ4v) is 1.06. The predicted octanol–water partition coefficient (Wildman–Crippen LogP) is 1.57. The Morgan fingerprint density at radius 1 is 1.55 bits per heavy atom. The third kappa shape index (κ3) is 2.09. The Kier molecular flexibility index (Phi) is 2.72. The number of carbonyl (C=O) groups is 1. The van der Waals surface area contributed by atoms with Crippen molar-refractivity contribution in [1.29, 1.82) is 0 Å². The van der Waals surface area contributed by atoms with Crippen LogP contribution in [0.5, 0.6) is 0 Å². The van der Waals surface area contributed by atoms with Crippen molar-refractivity contribution in [3.8, 4) is 0 Å². The van der Waals surface area contributed by atoms with E-state index in [9.17, 15) is 4.79 Å². The molecule has 0 fully saturated rings. The van der Waals surface area contributed by atoms with Crippen molar-refractivity contribution in [2.45, 2.75) is 6.32 Å². The van der Waals surface area contributed by atoms with Crippen molar-refractivity contribution in [2.24, 2.45) is 0 Å². The molecular weight excluding hydrogens is 158 g/mol. The lowest BCUT2D eigenvalue weighted by Crippen LogP contribution is -1.96. The van der Waals surface area contributed by atoms with Crippen LogP contribution in [0.1, 0.15) is 10.4 Å². The molecule has 0 amide bonds. The summed E-state index contributed by atoms with van der Waals surface area (Å²) in [5, 5.41) is 0.615. The molecule has 0 saturated heterocycles. The Morgan fingerprint density at radius 3 is 2.82 bits per heavy atom. The highest BCUT2D eigenvalue weighted by Gasteiger charge is 2.01. The molecule has 1 aromatic carbocycles. The maximum absolute atomic E-state index is 11.1. The maximum Gasteiger partial charge on any atom is 0.155 e. The number of hydrogen-bond acceptors (Lipinski definition) is 1. The summed E-state index contributed by atoms with van der Waals surface area (Å²) in [6.07, 6.45) is 0.528. The molecule has 0 N–H and O–H groups in total. The first-order chi connectivity index (χ1) is 5.24. The summed E-state index contributed by atoms with van der Waals surface area (Å²) in [5.41, 5.74) is 0.694. The van der Waals surface area contributed by atoms with Gasteiger partial charge >= 0.3 is 0 Å². The van der Waals surface area contributed by atoms with Gasteiger partial charge in [0.1, 0.15) is 7.85 Å². The van der Waals surface area contributed by atoms with Crippen LogP contribution in [0.2, 0.25) is 11.3 Å². The van der Waals surface area contributed by atoms with Crippen LogP contribution in [0.4, 0.5) is 0 Å². The average Bonchev–Trinajstić information content (AvgIpc) is 2.03. The minimum absolute atomic E-state index is 0.132. The van der Waals surface area contributed by atoms with Gasteiger partial charge in [-0.25, -0.2) is 0 Å². The molecule has 56 valence electrons. The van der Waals surface area contributed by atoms with Crippen molar-refractivity contribution in [2.75, 3.05) is 0 Å². The van der Waals surface area contributed by atoms with Gasteiger partial charge in [-0.1, -0.05) is 23.7 Å². The van der Waals surface area contributed by atoms with Crippen LogP contribution in [-0.4, -0.2) is 13.6 Å². The molecule has 0 bridgehead atoms. The Bertz CT molecular complexity index is 273. The summed E-state index contributed by atoms with van der Waals surface area (Å²) in [6.45, 7) is 0. The second kappa shape index (κ2) is 3.58. The summed E-state index contributed by atoms with van der Waals surface area (Å²) in [5.74, 6) is 0.132. The zero-order valence-electron chi connectivity index (χ0n) is 6.30. The molecule has 0 aliphatic rings. The lowest BCUT2D eigenvalue weighted by Gasteiger charge is -1.96. The van der Waals surface area contributed by atoms with Crippen molar-refractivity contribution >= 4 is 25.2 Å². The molecule has 1 rings (SSSR count). The average molecular weight is 166 g/mol. The molecule has 0 atom stereocenters. The number of carbonyl (C=O) groups excluding carboxylic acids is 1. The second-order valence-electron chi connectivity index (χ2n) is 2.29. The van der Waals surface area contributed by atoms with Crippen LogP contribution < -0.4 is 0 Å². The summed E-state index contributed by atoms with van der Waals surface area (Å²) in [4.78, 5) is 11.1. The highest BCUT2D eigenvalue weighted by Crippen LogP contribution is 2.11. The van der Waals surface area contributed by atoms with E-state index in [0.717, 1.165) is 0 Å². The molecule has 11 heavy (non-hydrogen) atoms. The van der Waals surface area contributed by atoms with E-state index < -0.39 is 0 Å². The molecule has 3 heteroatoms. The number of hydrogen-bond donors (Lipinski definition) is 0.